The quantitative estimate of drug-likeness (QED) is 0.628. The molecule has 0 aliphatic heterocycles. The van der Waals surface area contributed by atoms with Crippen LogP contribution >= 0.6 is 0 Å². The molecule has 0 fully saturated rings. The van der Waals surface area contributed by atoms with Crippen molar-refractivity contribution in [1.29, 1.82) is 0 Å². The Bertz CT molecular complexity index is 709. The van der Waals surface area contributed by atoms with Gasteiger partial charge < -0.3 is 4.98 Å². The maximum absolute atomic E-state index is 3.51. The lowest BCUT2D eigenvalue weighted by Crippen LogP contribution is -2.14. The Morgan fingerprint density at radius 1 is 1.00 bits per heavy atom. The van der Waals surface area contributed by atoms with Crippen LogP contribution < -0.4 is 0 Å². The highest BCUT2D eigenvalue weighted by atomic mass is 14.7. The second kappa shape index (κ2) is 3.88. The lowest BCUT2D eigenvalue weighted by molar-refractivity contribution is 0.507. The summed E-state index contributed by atoms with van der Waals surface area (Å²) >= 11 is 0. The summed E-state index contributed by atoms with van der Waals surface area (Å²) in [4.78, 5) is 3.51. The zero-order chi connectivity index (χ0) is 12.8. The number of rotatable bonds is 2. The van der Waals surface area contributed by atoms with E-state index in [1.165, 1.54) is 27.4 Å². The molecule has 0 saturated heterocycles. The number of H-pyrrole nitrogens is 1. The third kappa shape index (κ3) is 1.62. The Balaban J connectivity index is 0.00000133. The fraction of sp³-hybridized carbons (Fsp3) is 0.294. The van der Waals surface area contributed by atoms with Gasteiger partial charge in [0.2, 0.25) is 0 Å². The molecule has 94 valence electrons. The fourth-order valence-corrected chi connectivity index (χ4v) is 2.48. The van der Waals surface area contributed by atoms with E-state index < -0.39 is 0 Å². The van der Waals surface area contributed by atoms with Crippen molar-refractivity contribution in [3.8, 4) is 0 Å². The summed E-state index contributed by atoms with van der Waals surface area (Å²) in [5, 5.41) is 2.63. The molecule has 3 rings (SSSR count). The van der Waals surface area contributed by atoms with Crippen LogP contribution in [0.5, 0.6) is 0 Å². The van der Waals surface area contributed by atoms with Crippen molar-refractivity contribution in [1.82, 2.24) is 4.98 Å². The first-order valence-electron chi connectivity index (χ1n) is 6.63. The molecule has 0 atom stereocenters. The Morgan fingerprint density at radius 2 is 1.72 bits per heavy atom. The molecular weight excluding hydrogens is 218 g/mol. The number of hydrogen-bond donors (Lipinski definition) is 1. The van der Waals surface area contributed by atoms with Crippen molar-refractivity contribution in [2.24, 2.45) is 0 Å². The molecule has 0 saturated carbocycles. The largest absolute Gasteiger partial charge is 0.355 e. The highest BCUT2D eigenvalue weighted by molar-refractivity contribution is 6.07. The van der Waals surface area contributed by atoms with E-state index in [1.54, 1.807) is 0 Å². The van der Waals surface area contributed by atoms with Gasteiger partial charge >= 0.3 is 0 Å². The number of para-hydroxylation sites is 1. The van der Waals surface area contributed by atoms with E-state index in [2.05, 4.69) is 68.2 Å². The topological polar surface area (TPSA) is 15.8 Å². The molecule has 3 aromatic rings. The summed E-state index contributed by atoms with van der Waals surface area (Å²) in [6.07, 6.45) is 1.15. The summed E-state index contributed by atoms with van der Waals surface area (Å²) in [5.74, 6) is 0. The molecule has 0 unspecified atom stereocenters. The van der Waals surface area contributed by atoms with Crippen LogP contribution in [0.1, 0.15) is 34.2 Å². The molecule has 0 spiro atoms. The standard InChI is InChI=1S/C17H19N.H2/c1-4-17(2,3)12-9-10-14-13-7-5-6-8-15(13)18-16(14)11-12;/h5-11,18H,4H2,1-3H3;1H. The molecule has 1 nitrogen and oxygen atoms in total. The zero-order valence-electron chi connectivity index (χ0n) is 11.2. The smallest absolute Gasteiger partial charge is 0.0467 e. The molecule has 1 aromatic heterocycles. The van der Waals surface area contributed by atoms with Crippen LogP contribution in [0.25, 0.3) is 21.8 Å². The Morgan fingerprint density at radius 3 is 2.50 bits per heavy atom. The van der Waals surface area contributed by atoms with Crippen LogP contribution in [0.4, 0.5) is 0 Å². The highest BCUT2D eigenvalue weighted by Crippen LogP contribution is 2.32. The summed E-state index contributed by atoms with van der Waals surface area (Å²) in [6.45, 7) is 6.85. The molecule has 0 amide bonds. The zero-order valence-corrected chi connectivity index (χ0v) is 11.2. The van der Waals surface area contributed by atoms with Crippen molar-refractivity contribution in [2.45, 2.75) is 32.6 Å². The molecule has 0 radical (unpaired) electrons. The second-order valence-corrected chi connectivity index (χ2v) is 5.67. The molecule has 18 heavy (non-hydrogen) atoms. The summed E-state index contributed by atoms with van der Waals surface area (Å²) < 4.78 is 0. The van der Waals surface area contributed by atoms with Crippen LogP contribution in [-0.2, 0) is 5.41 Å². The second-order valence-electron chi connectivity index (χ2n) is 5.67. The van der Waals surface area contributed by atoms with E-state index in [-0.39, 0.29) is 6.84 Å². The number of fused-ring (bicyclic) bond motifs is 3. The van der Waals surface area contributed by atoms with Crippen LogP contribution in [0.2, 0.25) is 0 Å². The average Bonchev–Trinajstić information content (AvgIpc) is 2.76. The van der Waals surface area contributed by atoms with Gasteiger partial charge in [0.15, 0.2) is 0 Å². The van der Waals surface area contributed by atoms with Crippen molar-refractivity contribution in [3.05, 3.63) is 48.0 Å². The fourth-order valence-electron chi connectivity index (χ4n) is 2.48. The molecule has 2 aromatic carbocycles. The van der Waals surface area contributed by atoms with E-state index in [4.69, 9.17) is 0 Å². The van der Waals surface area contributed by atoms with Crippen LogP contribution in [0.3, 0.4) is 0 Å². The van der Waals surface area contributed by atoms with Crippen LogP contribution in [0.15, 0.2) is 42.5 Å². The van der Waals surface area contributed by atoms with Gasteiger partial charge in [-0.3, -0.25) is 0 Å². The number of hydrogen-bond acceptors (Lipinski definition) is 0. The maximum Gasteiger partial charge on any atom is 0.0467 e. The predicted octanol–water partition coefficient (Wildman–Crippen LogP) is 5.25. The summed E-state index contributed by atoms with van der Waals surface area (Å²) in [5.41, 5.74) is 4.11. The number of benzene rings is 2. The first kappa shape index (κ1) is 11.3. The highest BCUT2D eigenvalue weighted by Gasteiger charge is 2.18. The molecule has 1 heterocycles. The van der Waals surface area contributed by atoms with Gasteiger partial charge in [0.05, 0.1) is 0 Å². The van der Waals surface area contributed by atoms with E-state index in [9.17, 15) is 0 Å². The summed E-state index contributed by atoms with van der Waals surface area (Å²) in [7, 11) is 0. The normalized spacial score (nSPS) is 12.4. The lowest BCUT2D eigenvalue weighted by Gasteiger charge is -2.23. The van der Waals surface area contributed by atoms with Gasteiger partial charge in [-0.2, -0.15) is 0 Å². The molecule has 1 N–H and O–H groups in total. The number of aromatic nitrogens is 1. The molecule has 0 aliphatic rings. The molecule has 1 heteroatoms. The van der Waals surface area contributed by atoms with E-state index in [0.717, 1.165) is 6.42 Å². The van der Waals surface area contributed by atoms with Crippen molar-refractivity contribution in [3.63, 3.8) is 0 Å². The average molecular weight is 239 g/mol. The SMILES string of the molecule is CCC(C)(C)c1ccc2c(c1)[nH]c1ccccc12.[HH]. The van der Waals surface area contributed by atoms with Crippen LogP contribution in [-0.4, -0.2) is 4.98 Å². The van der Waals surface area contributed by atoms with Gasteiger partial charge in [-0.05, 0) is 29.5 Å². The Hall–Kier alpha value is -1.76. The minimum absolute atomic E-state index is 0. The molecule has 0 bridgehead atoms. The van der Waals surface area contributed by atoms with Gasteiger partial charge in [-0.15, -0.1) is 0 Å². The van der Waals surface area contributed by atoms with Gasteiger partial charge in [0, 0.05) is 23.2 Å². The van der Waals surface area contributed by atoms with Crippen molar-refractivity contribution >= 4 is 21.8 Å². The maximum atomic E-state index is 3.51. The minimum Gasteiger partial charge on any atom is -0.355 e. The van der Waals surface area contributed by atoms with E-state index >= 15 is 0 Å². The van der Waals surface area contributed by atoms with E-state index in [1.807, 2.05) is 0 Å². The van der Waals surface area contributed by atoms with E-state index in [0.29, 0.717) is 0 Å². The van der Waals surface area contributed by atoms with Gasteiger partial charge in [-0.1, -0.05) is 51.1 Å². The molecular formula is C17H21N. The monoisotopic (exact) mass is 239 g/mol. The van der Waals surface area contributed by atoms with Gasteiger partial charge in [0.1, 0.15) is 0 Å². The first-order valence-corrected chi connectivity index (χ1v) is 6.63. The Kier molecular flexibility index (Phi) is 2.44. The summed E-state index contributed by atoms with van der Waals surface area (Å²) in [6, 6.07) is 15.3. The number of aromatic amines is 1. The first-order chi connectivity index (χ1) is 8.62. The third-order valence-electron chi connectivity index (χ3n) is 4.17. The minimum atomic E-state index is 0. The lowest BCUT2D eigenvalue weighted by atomic mass is 9.82. The molecule has 0 aliphatic carbocycles. The van der Waals surface area contributed by atoms with Crippen LogP contribution in [0, 0.1) is 0 Å². The third-order valence-corrected chi connectivity index (χ3v) is 4.17. The van der Waals surface area contributed by atoms with Gasteiger partial charge in [0.25, 0.3) is 0 Å². The van der Waals surface area contributed by atoms with Crippen molar-refractivity contribution < 1.29 is 1.43 Å². The van der Waals surface area contributed by atoms with Crippen molar-refractivity contribution in [2.75, 3.05) is 0 Å². The van der Waals surface area contributed by atoms with Gasteiger partial charge in [-0.25, -0.2) is 0 Å². The Labute approximate surface area is 109 Å². The number of nitrogens with one attached hydrogen (secondary N) is 1. The predicted molar refractivity (Wildman–Crippen MR) is 81.2 cm³/mol.